The van der Waals surface area contributed by atoms with Gasteiger partial charge in [0.25, 0.3) is 0 Å². The predicted molar refractivity (Wildman–Crippen MR) is 17.2 cm³/mol. The van der Waals surface area contributed by atoms with E-state index >= 15 is 0 Å². The quantitative estimate of drug-likeness (QED) is 0.390. The van der Waals surface area contributed by atoms with Gasteiger partial charge in [-0.1, -0.05) is 0 Å². The molecule has 0 heterocycles. The molecule has 4 heavy (non-hydrogen) atoms. The van der Waals surface area contributed by atoms with E-state index in [1.165, 1.54) is 0 Å². The standard InChI is InChI=1S/Ag.GeH2S.Li.H/c;1-2;;/h;1H2;;/q;;+1;-1. The normalized spacial score (nSPS) is 1.00. The Hall–Kier alpha value is 2.10. The van der Waals surface area contributed by atoms with E-state index in [2.05, 4.69) is 10.5 Å². The molecule has 1 radical (unpaired) electrons. The van der Waals surface area contributed by atoms with Crippen LogP contribution in [0, 0.1) is 0 Å². The van der Waals surface area contributed by atoms with Gasteiger partial charge in [0.2, 0.25) is 0 Å². The van der Waals surface area contributed by atoms with Crippen LogP contribution in [0.3, 0.4) is 0 Å². The van der Waals surface area contributed by atoms with Crippen molar-refractivity contribution >= 4 is 25.3 Å². The summed E-state index contributed by atoms with van der Waals surface area (Å²) in [5.41, 5.74) is 0. The van der Waals surface area contributed by atoms with Crippen LogP contribution in [0.25, 0.3) is 0 Å². The molecule has 0 aromatic rings. The van der Waals surface area contributed by atoms with Crippen LogP contribution in [0.4, 0.5) is 0 Å². The Labute approximate surface area is 67.3 Å². The molecule has 0 bridgehead atoms. The van der Waals surface area contributed by atoms with Gasteiger partial charge in [-0.15, -0.1) is 0 Å². The summed E-state index contributed by atoms with van der Waals surface area (Å²) < 4.78 is 0. The molecule has 0 aliphatic rings. The molecule has 25 valence electrons. The first kappa shape index (κ1) is 16.5. The summed E-state index contributed by atoms with van der Waals surface area (Å²) >= 11 is 0.958. The molecule has 0 aliphatic carbocycles. The van der Waals surface area contributed by atoms with Crippen LogP contribution in [0.1, 0.15) is 1.43 Å². The summed E-state index contributed by atoms with van der Waals surface area (Å²) in [6.07, 6.45) is 0. The van der Waals surface area contributed by atoms with E-state index in [1.54, 1.807) is 0 Å². The Bertz CT molecular complexity index is 11.6. The summed E-state index contributed by atoms with van der Waals surface area (Å²) in [7, 11) is 4.21. The maximum absolute atomic E-state index is 4.21. The Kier molecular flexibility index (Phi) is 80.2. The van der Waals surface area contributed by atoms with Crippen molar-refractivity contribution in [2.45, 2.75) is 0 Å². The summed E-state index contributed by atoms with van der Waals surface area (Å²) in [6, 6.07) is 0. The first-order valence-electron chi connectivity index (χ1n) is 0.289. The molecule has 0 nitrogen and oxygen atoms in total. The Morgan fingerprint density at radius 1 is 1.50 bits per heavy atom. The molecule has 0 aromatic carbocycles. The SMILES string of the molecule is [Ag].[H-].[Li+].[S]=[GeH2]. The summed E-state index contributed by atoms with van der Waals surface area (Å²) in [4.78, 5) is 0. The zero-order valence-electron chi connectivity index (χ0n) is 3.42. The van der Waals surface area contributed by atoms with Gasteiger partial charge in [0.05, 0.1) is 0 Å². The topological polar surface area (TPSA) is 0 Å². The summed E-state index contributed by atoms with van der Waals surface area (Å²) in [5, 5.41) is 0. The van der Waals surface area contributed by atoms with Gasteiger partial charge in [0, 0.05) is 22.4 Å². The molecule has 0 atom stereocenters. The molecule has 0 spiro atoms. The molecule has 4 heteroatoms. The maximum atomic E-state index is 4.21. The third-order valence-electron chi connectivity index (χ3n) is 0. The molecule has 0 aliphatic heterocycles. The average molecular weight is 223 g/mol. The van der Waals surface area contributed by atoms with E-state index < -0.39 is 0 Å². The van der Waals surface area contributed by atoms with E-state index in [0.29, 0.717) is 0 Å². The zero-order valence-corrected chi connectivity index (χ0v) is 7.68. The van der Waals surface area contributed by atoms with Crippen LogP contribution in [0.2, 0.25) is 0 Å². The third-order valence-corrected chi connectivity index (χ3v) is 0. The first-order valence-corrected chi connectivity index (χ1v) is 4.50. The fraction of sp³-hybridized carbons (Fsp3) is 0. The van der Waals surface area contributed by atoms with E-state index in [9.17, 15) is 0 Å². The molecule has 0 aromatic heterocycles. The van der Waals surface area contributed by atoms with Crippen molar-refractivity contribution in [3.8, 4) is 0 Å². The van der Waals surface area contributed by atoms with Gasteiger partial charge in [-0.2, -0.15) is 0 Å². The van der Waals surface area contributed by atoms with Crippen molar-refractivity contribution in [3.05, 3.63) is 0 Å². The second kappa shape index (κ2) is 19.4. The Morgan fingerprint density at radius 3 is 1.50 bits per heavy atom. The first-order chi connectivity index (χ1) is 1.00. The van der Waals surface area contributed by atoms with Crippen molar-refractivity contribution < 1.29 is 42.7 Å². The second-order valence-corrected chi connectivity index (χ2v) is 0. The van der Waals surface area contributed by atoms with Crippen LogP contribution in [-0.2, 0) is 22.4 Å². The minimum atomic E-state index is 0. The molecule has 0 saturated carbocycles. The van der Waals surface area contributed by atoms with Gasteiger partial charge in [0.15, 0.2) is 0 Å². The van der Waals surface area contributed by atoms with Crippen LogP contribution >= 0.6 is 10.5 Å². The molecular weight excluding hydrogens is 219 g/mol. The van der Waals surface area contributed by atoms with E-state index in [0.717, 1.165) is 14.9 Å². The summed E-state index contributed by atoms with van der Waals surface area (Å²) in [5.74, 6) is 0. The van der Waals surface area contributed by atoms with Gasteiger partial charge in [-0.05, 0) is 0 Å². The fourth-order valence-corrected chi connectivity index (χ4v) is 0. The molecule has 0 fully saturated rings. The summed E-state index contributed by atoms with van der Waals surface area (Å²) in [6.45, 7) is 0. The van der Waals surface area contributed by atoms with Crippen molar-refractivity contribution in [1.82, 2.24) is 0 Å². The van der Waals surface area contributed by atoms with Crippen molar-refractivity contribution in [2.75, 3.05) is 0 Å². The van der Waals surface area contributed by atoms with E-state index in [4.69, 9.17) is 0 Å². The Balaban J connectivity index is -0.00000000167. The predicted octanol–water partition coefficient (Wildman–Crippen LogP) is -3.15. The average Bonchev–Trinajstić information content (AvgIpc) is 1.00. The third kappa shape index (κ3) is 8.93. The zero-order chi connectivity index (χ0) is 2.00. The van der Waals surface area contributed by atoms with E-state index in [-0.39, 0.29) is 42.7 Å². The van der Waals surface area contributed by atoms with Crippen molar-refractivity contribution in [1.29, 1.82) is 0 Å². The van der Waals surface area contributed by atoms with Gasteiger partial charge < -0.3 is 1.43 Å². The Morgan fingerprint density at radius 2 is 1.50 bits per heavy atom. The molecular formula is H3AgGeLiS. The van der Waals surface area contributed by atoms with Crippen molar-refractivity contribution in [2.24, 2.45) is 0 Å². The van der Waals surface area contributed by atoms with E-state index in [1.807, 2.05) is 0 Å². The second-order valence-electron chi connectivity index (χ2n) is 0. The van der Waals surface area contributed by atoms with Gasteiger partial charge >= 0.3 is 44.2 Å². The number of hydrogen-bond donors (Lipinski definition) is 0. The van der Waals surface area contributed by atoms with Gasteiger partial charge in [0.1, 0.15) is 0 Å². The van der Waals surface area contributed by atoms with Crippen LogP contribution < -0.4 is 18.9 Å². The molecule has 0 amide bonds. The van der Waals surface area contributed by atoms with Crippen LogP contribution in [0.15, 0.2) is 0 Å². The number of rotatable bonds is 0. The molecule has 0 rings (SSSR count). The molecule has 0 N–H and O–H groups in total. The molecule has 0 unspecified atom stereocenters. The van der Waals surface area contributed by atoms with Crippen LogP contribution in [0.5, 0.6) is 0 Å². The van der Waals surface area contributed by atoms with Crippen LogP contribution in [-0.4, -0.2) is 14.9 Å². The molecule has 0 saturated heterocycles. The number of hydrogen-bond acceptors (Lipinski definition) is 1. The van der Waals surface area contributed by atoms with Crippen molar-refractivity contribution in [3.63, 3.8) is 0 Å². The van der Waals surface area contributed by atoms with Gasteiger partial charge in [-0.3, -0.25) is 0 Å². The monoisotopic (exact) mass is 223 g/mol. The fourth-order valence-electron chi connectivity index (χ4n) is 0. The van der Waals surface area contributed by atoms with Gasteiger partial charge in [-0.25, -0.2) is 0 Å². The minimum absolute atomic E-state index is 0.